The zero-order valence-electron chi connectivity index (χ0n) is 15.4. The van der Waals surface area contributed by atoms with Crippen LogP contribution in [0.1, 0.15) is 49.7 Å². The van der Waals surface area contributed by atoms with Gasteiger partial charge in [0.25, 0.3) is 0 Å². The van der Waals surface area contributed by atoms with E-state index in [1.165, 1.54) is 5.56 Å². The maximum Gasteiger partial charge on any atom is 0.246 e. The fraction of sp³-hybridized carbons (Fsp3) is 0.500. The molecule has 0 spiro atoms. The second-order valence-corrected chi connectivity index (χ2v) is 5.68. The summed E-state index contributed by atoms with van der Waals surface area (Å²) in [4.78, 5) is 8.92. The van der Waals surface area contributed by atoms with Crippen LogP contribution in [0.3, 0.4) is 0 Å². The van der Waals surface area contributed by atoms with E-state index in [-0.39, 0.29) is 6.10 Å². The number of hydrogen-bond donors (Lipinski definition) is 2. The molecule has 1 unspecified atom stereocenters. The van der Waals surface area contributed by atoms with Crippen LogP contribution in [-0.4, -0.2) is 29.3 Å². The monoisotopic (exact) mass is 345 g/mol. The third kappa shape index (κ3) is 6.19. The summed E-state index contributed by atoms with van der Waals surface area (Å²) in [7, 11) is 0. The van der Waals surface area contributed by atoms with Gasteiger partial charge in [-0.3, -0.25) is 0 Å². The molecular weight excluding hydrogens is 318 g/mol. The van der Waals surface area contributed by atoms with Gasteiger partial charge in [-0.1, -0.05) is 35.0 Å². The molecule has 2 N–H and O–H groups in total. The van der Waals surface area contributed by atoms with Crippen LogP contribution in [0.25, 0.3) is 0 Å². The first-order valence-electron chi connectivity index (χ1n) is 8.64. The summed E-state index contributed by atoms with van der Waals surface area (Å²) < 4.78 is 10.7. The number of nitrogens with zero attached hydrogens (tertiary/aromatic N) is 3. The van der Waals surface area contributed by atoms with Gasteiger partial charge in [0, 0.05) is 13.2 Å². The van der Waals surface area contributed by atoms with E-state index in [1.54, 1.807) is 0 Å². The second kappa shape index (κ2) is 9.78. The fourth-order valence-electron chi connectivity index (χ4n) is 2.19. The van der Waals surface area contributed by atoms with Crippen molar-refractivity contribution < 1.29 is 9.26 Å². The largest absolute Gasteiger partial charge is 0.371 e. The second-order valence-electron chi connectivity index (χ2n) is 5.68. The molecule has 0 radical (unpaired) electrons. The molecule has 0 aliphatic heterocycles. The van der Waals surface area contributed by atoms with Gasteiger partial charge >= 0.3 is 0 Å². The summed E-state index contributed by atoms with van der Waals surface area (Å²) in [5.74, 6) is 1.77. The number of aliphatic imine (C=N–C) groups is 1. The Morgan fingerprint density at radius 1 is 1.24 bits per heavy atom. The van der Waals surface area contributed by atoms with Crippen molar-refractivity contribution in [1.82, 2.24) is 20.8 Å². The molecule has 7 nitrogen and oxygen atoms in total. The first-order valence-corrected chi connectivity index (χ1v) is 8.64. The van der Waals surface area contributed by atoms with E-state index in [9.17, 15) is 0 Å². The molecule has 0 fully saturated rings. The van der Waals surface area contributed by atoms with Gasteiger partial charge in [-0.05, 0) is 33.3 Å². The Kier molecular flexibility index (Phi) is 7.40. The zero-order valence-corrected chi connectivity index (χ0v) is 15.4. The molecule has 1 aromatic carbocycles. The van der Waals surface area contributed by atoms with Crippen molar-refractivity contribution in [2.24, 2.45) is 4.99 Å². The van der Waals surface area contributed by atoms with Crippen LogP contribution in [0.15, 0.2) is 33.8 Å². The molecule has 0 bridgehead atoms. The van der Waals surface area contributed by atoms with Gasteiger partial charge in [-0.25, -0.2) is 4.99 Å². The Hall–Kier alpha value is -2.41. The predicted octanol–water partition coefficient (Wildman–Crippen LogP) is 2.73. The van der Waals surface area contributed by atoms with E-state index >= 15 is 0 Å². The Labute approximate surface area is 148 Å². The Balaban J connectivity index is 1.92. The molecular formula is C18H27N5O2. The van der Waals surface area contributed by atoms with Crippen molar-refractivity contribution in [1.29, 1.82) is 0 Å². The van der Waals surface area contributed by atoms with Gasteiger partial charge in [0.15, 0.2) is 11.8 Å². The number of aryl methyl sites for hydroxylation is 1. The lowest BCUT2D eigenvalue weighted by atomic mass is 10.1. The topological polar surface area (TPSA) is 84.6 Å². The van der Waals surface area contributed by atoms with E-state index in [4.69, 9.17) is 9.26 Å². The number of aromatic nitrogens is 2. The molecule has 1 heterocycles. The molecule has 0 aliphatic carbocycles. The molecule has 2 aromatic rings. The smallest absolute Gasteiger partial charge is 0.246 e. The van der Waals surface area contributed by atoms with Crippen LogP contribution in [0, 0.1) is 6.92 Å². The van der Waals surface area contributed by atoms with Gasteiger partial charge in [0.2, 0.25) is 5.89 Å². The number of benzene rings is 1. The highest BCUT2D eigenvalue weighted by Crippen LogP contribution is 2.12. The number of hydrogen-bond acceptors (Lipinski definition) is 5. The summed E-state index contributed by atoms with van der Waals surface area (Å²) >= 11 is 0. The lowest BCUT2D eigenvalue weighted by molar-refractivity contribution is 0.0683. The highest BCUT2D eigenvalue weighted by atomic mass is 16.5. The van der Waals surface area contributed by atoms with Gasteiger partial charge in [-0.15, -0.1) is 0 Å². The minimum Gasteiger partial charge on any atom is -0.371 e. The van der Waals surface area contributed by atoms with Crippen LogP contribution in [0.4, 0.5) is 0 Å². The summed E-state index contributed by atoms with van der Waals surface area (Å²) in [5.41, 5.74) is 2.40. The van der Waals surface area contributed by atoms with Crippen molar-refractivity contribution in [3.05, 3.63) is 47.1 Å². The Morgan fingerprint density at radius 2 is 2.00 bits per heavy atom. The van der Waals surface area contributed by atoms with Crippen molar-refractivity contribution in [2.45, 2.75) is 46.9 Å². The molecule has 7 heteroatoms. The summed E-state index contributed by atoms with van der Waals surface area (Å²) in [6.45, 7) is 10.3. The van der Waals surface area contributed by atoms with E-state index in [0.717, 1.165) is 12.1 Å². The van der Waals surface area contributed by atoms with Gasteiger partial charge < -0.3 is 19.9 Å². The van der Waals surface area contributed by atoms with Gasteiger partial charge in [-0.2, -0.15) is 4.98 Å². The number of rotatable bonds is 8. The van der Waals surface area contributed by atoms with Crippen LogP contribution >= 0.6 is 0 Å². The van der Waals surface area contributed by atoms with Crippen LogP contribution in [0.5, 0.6) is 0 Å². The van der Waals surface area contributed by atoms with Gasteiger partial charge in [0.1, 0.15) is 6.10 Å². The Morgan fingerprint density at radius 3 is 2.68 bits per heavy atom. The van der Waals surface area contributed by atoms with E-state index in [1.807, 2.05) is 20.8 Å². The zero-order chi connectivity index (χ0) is 18.1. The SMILES string of the molecule is CCNC(=NCc1ccc(C)cc1)NCc1nc(C(C)OCC)no1. The normalized spacial score (nSPS) is 12.9. The van der Waals surface area contributed by atoms with Crippen LogP contribution in [-0.2, 0) is 17.8 Å². The van der Waals surface area contributed by atoms with E-state index < -0.39 is 0 Å². The fourth-order valence-corrected chi connectivity index (χ4v) is 2.19. The van der Waals surface area contributed by atoms with Gasteiger partial charge in [0.05, 0.1) is 13.1 Å². The van der Waals surface area contributed by atoms with Crippen LogP contribution in [0.2, 0.25) is 0 Å². The van der Waals surface area contributed by atoms with Crippen molar-refractivity contribution >= 4 is 5.96 Å². The predicted molar refractivity (Wildman–Crippen MR) is 97.2 cm³/mol. The minimum absolute atomic E-state index is 0.175. The number of nitrogens with one attached hydrogen (secondary N) is 2. The first kappa shape index (κ1) is 18.9. The average Bonchev–Trinajstić information content (AvgIpc) is 3.08. The number of guanidine groups is 1. The molecule has 136 valence electrons. The summed E-state index contributed by atoms with van der Waals surface area (Å²) in [6, 6.07) is 8.35. The molecule has 0 saturated heterocycles. The molecule has 25 heavy (non-hydrogen) atoms. The molecule has 2 rings (SSSR count). The maximum atomic E-state index is 5.46. The minimum atomic E-state index is -0.175. The third-order valence-electron chi connectivity index (χ3n) is 3.56. The Bertz CT molecular complexity index is 666. The summed E-state index contributed by atoms with van der Waals surface area (Å²) in [6.07, 6.45) is -0.175. The lowest BCUT2D eigenvalue weighted by Crippen LogP contribution is -2.36. The van der Waals surface area contributed by atoms with E-state index in [0.29, 0.717) is 37.4 Å². The molecule has 0 saturated carbocycles. The molecule has 0 amide bonds. The standard InChI is InChI=1S/C18H27N5O2/c1-5-19-18(20-11-15-9-7-13(3)8-10-15)21-12-16-22-17(23-25-16)14(4)24-6-2/h7-10,14H,5-6,11-12H2,1-4H3,(H2,19,20,21). The molecule has 1 aromatic heterocycles. The molecule has 1 atom stereocenters. The van der Waals surface area contributed by atoms with Crippen molar-refractivity contribution in [3.63, 3.8) is 0 Å². The highest BCUT2D eigenvalue weighted by molar-refractivity contribution is 5.79. The first-order chi connectivity index (χ1) is 12.1. The summed E-state index contributed by atoms with van der Waals surface area (Å²) in [5, 5.41) is 10.4. The average molecular weight is 345 g/mol. The molecule has 0 aliphatic rings. The van der Waals surface area contributed by atoms with Crippen molar-refractivity contribution in [3.8, 4) is 0 Å². The van der Waals surface area contributed by atoms with Crippen LogP contribution < -0.4 is 10.6 Å². The van der Waals surface area contributed by atoms with Crippen molar-refractivity contribution in [2.75, 3.05) is 13.2 Å². The maximum absolute atomic E-state index is 5.46. The quantitative estimate of drug-likeness (QED) is 0.565. The highest BCUT2D eigenvalue weighted by Gasteiger charge is 2.13. The number of ether oxygens (including phenoxy) is 1. The van der Waals surface area contributed by atoms with E-state index in [2.05, 4.69) is 57.0 Å². The lowest BCUT2D eigenvalue weighted by Gasteiger charge is -2.09. The third-order valence-corrected chi connectivity index (χ3v) is 3.56.